The molecule has 0 aliphatic carbocycles. The van der Waals surface area contributed by atoms with Crippen molar-refractivity contribution >= 4 is 23.4 Å². The molecule has 1 heterocycles. The lowest BCUT2D eigenvalue weighted by atomic mass is 10.1. The van der Waals surface area contributed by atoms with Crippen molar-refractivity contribution in [1.82, 2.24) is 4.90 Å². The highest BCUT2D eigenvalue weighted by molar-refractivity contribution is 7.99. The highest BCUT2D eigenvalue weighted by Gasteiger charge is 2.25. The third-order valence-corrected chi connectivity index (χ3v) is 5.85. The summed E-state index contributed by atoms with van der Waals surface area (Å²) in [7, 11) is 3.87. The smallest absolute Gasteiger partial charge is 0.253 e. The Morgan fingerprint density at radius 3 is 2.73 bits per heavy atom. The van der Waals surface area contributed by atoms with E-state index in [1.54, 1.807) is 16.7 Å². The first kappa shape index (κ1) is 18.7. The Morgan fingerprint density at radius 1 is 1.15 bits per heavy atom. The normalized spacial score (nSPS) is 17.7. The molecule has 138 valence electrons. The molecule has 0 bridgehead atoms. The zero-order chi connectivity index (χ0) is 18.7. The fourth-order valence-electron chi connectivity index (χ4n) is 3.08. The summed E-state index contributed by atoms with van der Waals surface area (Å²) in [6, 6.07) is 11.1. The van der Waals surface area contributed by atoms with E-state index in [1.165, 1.54) is 12.1 Å². The van der Waals surface area contributed by atoms with Crippen molar-refractivity contribution in [3.05, 3.63) is 65.2 Å². The Kier molecular flexibility index (Phi) is 5.81. The van der Waals surface area contributed by atoms with Gasteiger partial charge in [0.05, 0.1) is 0 Å². The van der Waals surface area contributed by atoms with E-state index in [1.807, 2.05) is 43.3 Å². The summed E-state index contributed by atoms with van der Waals surface area (Å²) in [5.41, 5.74) is 2.01. The van der Waals surface area contributed by atoms with Crippen molar-refractivity contribution < 1.29 is 13.6 Å². The van der Waals surface area contributed by atoms with Gasteiger partial charge in [0.2, 0.25) is 0 Å². The van der Waals surface area contributed by atoms with Gasteiger partial charge in [0.1, 0.15) is 11.6 Å². The molecule has 2 aromatic carbocycles. The molecular weight excluding hydrogens is 354 g/mol. The van der Waals surface area contributed by atoms with Crippen LogP contribution >= 0.6 is 11.8 Å². The predicted octanol–water partition coefficient (Wildman–Crippen LogP) is 4.35. The Bertz CT molecular complexity index is 797. The number of amides is 1. The Hall–Kier alpha value is -2.08. The monoisotopic (exact) mass is 376 g/mol. The van der Waals surface area contributed by atoms with E-state index < -0.39 is 5.82 Å². The van der Waals surface area contributed by atoms with Crippen LogP contribution in [-0.2, 0) is 0 Å². The van der Waals surface area contributed by atoms with E-state index in [2.05, 4.69) is 0 Å². The van der Waals surface area contributed by atoms with Crippen LogP contribution in [-0.4, -0.2) is 43.7 Å². The maximum absolute atomic E-state index is 14.1. The molecule has 1 atom stereocenters. The molecule has 1 aliphatic rings. The van der Waals surface area contributed by atoms with Gasteiger partial charge >= 0.3 is 0 Å². The van der Waals surface area contributed by atoms with Gasteiger partial charge in [0.25, 0.3) is 5.91 Å². The number of halogens is 2. The molecule has 1 saturated heterocycles. The molecule has 0 radical (unpaired) electrons. The molecule has 0 saturated carbocycles. The second-order valence-electron chi connectivity index (χ2n) is 6.55. The van der Waals surface area contributed by atoms with Crippen LogP contribution in [0.5, 0.6) is 0 Å². The fraction of sp³-hybridized carbons (Fsp3) is 0.350. The molecular formula is C20H22F2N2OS. The van der Waals surface area contributed by atoms with Crippen LogP contribution in [0.15, 0.2) is 42.5 Å². The number of thioether (sulfide) groups is 1. The van der Waals surface area contributed by atoms with E-state index in [0.29, 0.717) is 36.4 Å². The molecule has 1 fully saturated rings. The minimum Gasteiger partial charge on any atom is -0.378 e. The first-order chi connectivity index (χ1) is 12.5. The number of nitrogens with zero attached hydrogens (tertiary/aromatic N) is 2. The molecule has 2 aromatic rings. The second-order valence-corrected chi connectivity index (χ2v) is 7.86. The zero-order valence-corrected chi connectivity index (χ0v) is 15.7. The second kappa shape index (κ2) is 8.08. The average Bonchev–Trinajstić information content (AvgIpc) is 2.89. The predicted molar refractivity (Wildman–Crippen MR) is 103 cm³/mol. The van der Waals surface area contributed by atoms with Gasteiger partial charge in [0, 0.05) is 55.0 Å². The van der Waals surface area contributed by atoms with Gasteiger partial charge in [-0.15, -0.1) is 0 Å². The van der Waals surface area contributed by atoms with Gasteiger partial charge in [-0.1, -0.05) is 6.07 Å². The highest BCUT2D eigenvalue weighted by atomic mass is 32.2. The van der Waals surface area contributed by atoms with Crippen LogP contribution in [0, 0.1) is 11.6 Å². The lowest BCUT2D eigenvalue weighted by Crippen LogP contribution is -2.33. The summed E-state index contributed by atoms with van der Waals surface area (Å²) in [4.78, 5) is 16.6. The van der Waals surface area contributed by atoms with Gasteiger partial charge in [-0.05, 0) is 42.8 Å². The van der Waals surface area contributed by atoms with E-state index in [4.69, 9.17) is 0 Å². The van der Waals surface area contributed by atoms with Crippen molar-refractivity contribution in [2.75, 3.05) is 37.8 Å². The summed E-state index contributed by atoms with van der Waals surface area (Å²) in [5.74, 6) is -0.142. The summed E-state index contributed by atoms with van der Waals surface area (Å²) in [5, 5.41) is -0.142. The summed E-state index contributed by atoms with van der Waals surface area (Å²) in [6.45, 7) is 1.13. The number of hydrogen-bond acceptors (Lipinski definition) is 3. The van der Waals surface area contributed by atoms with E-state index >= 15 is 0 Å². The first-order valence-electron chi connectivity index (χ1n) is 8.59. The van der Waals surface area contributed by atoms with Crippen LogP contribution < -0.4 is 4.90 Å². The minimum atomic E-state index is -0.431. The lowest BCUT2D eigenvalue weighted by molar-refractivity contribution is 0.0766. The molecule has 6 heteroatoms. The van der Waals surface area contributed by atoms with Crippen LogP contribution in [0.1, 0.15) is 27.6 Å². The van der Waals surface area contributed by atoms with E-state index in [0.717, 1.165) is 11.8 Å². The number of carbonyl (C=O) groups is 1. The summed E-state index contributed by atoms with van der Waals surface area (Å²) >= 11 is 1.58. The fourth-order valence-corrected chi connectivity index (χ4v) is 4.33. The number of rotatable bonds is 3. The van der Waals surface area contributed by atoms with E-state index in [9.17, 15) is 13.6 Å². The quantitative estimate of drug-likeness (QED) is 0.796. The number of hydrogen-bond donors (Lipinski definition) is 0. The van der Waals surface area contributed by atoms with Crippen LogP contribution in [0.3, 0.4) is 0 Å². The maximum Gasteiger partial charge on any atom is 0.253 e. The molecule has 0 aromatic heterocycles. The molecule has 1 amide bonds. The van der Waals surface area contributed by atoms with Gasteiger partial charge in [0.15, 0.2) is 0 Å². The number of carbonyl (C=O) groups excluding carboxylic acids is 1. The summed E-state index contributed by atoms with van der Waals surface area (Å²) < 4.78 is 27.6. The Labute approximate surface area is 157 Å². The van der Waals surface area contributed by atoms with Crippen molar-refractivity contribution in [2.45, 2.75) is 11.7 Å². The van der Waals surface area contributed by atoms with E-state index in [-0.39, 0.29) is 17.0 Å². The molecule has 0 N–H and O–H groups in total. The third-order valence-electron chi connectivity index (χ3n) is 4.54. The topological polar surface area (TPSA) is 23.6 Å². The molecule has 3 rings (SSSR count). The standard InChI is InChI=1S/C20H22F2N2OS/c1-23(2)16-5-3-4-14(12-16)20(25)24-9-8-19(26-11-10-24)17-13-15(21)6-7-18(17)22/h3-7,12-13,19H,8-11H2,1-2H3. The third kappa shape index (κ3) is 4.18. The number of benzene rings is 2. The molecule has 0 spiro atoms. The van der Waals surface area contributed by atoms with Gasteiger partial charge in [-0.25, -0.2) is 8.78 Å². The van der Waals surface area contributed by atoms with Crippen LogP contribution in [0.25, 0.3) is 0 Å². The molecule has 26 heavy (non-hydrogen) atoms. The largest absolute Gasteiger partial charge is 0.378 e. The Balaban J connectivity index is 1.73. The van der Waals surface area contributed by atoms with Crippen LogP contribution in [0.4, 0.5) is 14.5 Å². The molecule has 3 nitrogen and oxygen atoms in total. The SMILES string of the molecule is CN(C)c1cccc(C(=O)N2CCSC(c3cc(F)ccc3F)CC2)c1. The van der Waals surface area contributed by atoms with Gasteiger partial charge < -0.3 is 9.80 Å². The van der Waals surface area contributed by atoms with Gasteiger partial charge in [-0.3, -0.25) is 4.79 Å². The van der Waals surface area contributed by atoms with Crippen molar-refractivity contribution in [2.24, 2.45) is 0 Å². The Morgan fingerprint density at radius 2 is 1.96 bits per heavy atom. The van der Waals surface area contributed by atoms with Crippen molar-refractivity contribution in [3.63, 3.8) is 0 Å². The minimum absolute atomic E-state index is 0.0188. The molecule has 1 aliphatic heterocycles. The lowest BCUT2D eigenvalue weighted by Gasteiger charge is -2.21. The first-order valence-corrected chi connectivity index (χ1v) is 9.64. The van der Waals surface area contributed by atoms with Gasteiger partial charge in [-0.2, -0.15) is 11.8 Å². The number of anilines is 1. The van der Waals surface area contributed by atoms with Crippen molar-refractivity contribution in [1.29, 1.82) is 0 Å². The highest BCUT2D eigenvalue weighted by Crippen LogP contribution is 2.36. The van der Waals surface area contributed by atoms with Crippen LogP contribution in [0.2, 0.25) is 0 Å². The molecule has 1 unspecified atom stereocenters. The average molecular weight is 376 g/mol. The zero-order valence-electron chi connectivity index (χ0n) is 14.9. The summed E-state index contributed by atoms with van der Waals surface area (Å²) in [6.07, 6.45) is 0.601. The van der Waals surface area contributed by atoms with Crippen molar-refractivity contribution in [3.8, 4) is 0 Å². The maximum atomic E-state index is 14.1.